The molecule has 0 amide bonds. The molecule has 10 heteroatoms. The number of alkyl halides is 3. The molecule has 0 radical (unpaired) electrons. The van der Waals surface area contributed by atoms with Gasteiger partial charge in [0.1, 0.15) is 6.17 Å². The average Bonchev–Trinajstić information content (AvgIpc) is 3.33. The molecule has 1 aliphatic heterocycles. The van der Waals surface area contributed by atoms with Gasteiger partial charge in [0.25, 0.3) is 0 Å². The van der Waals surface area contributed by atoms with E-state index in [-0.39, 0.29) is 12.2 Å². The highest BCUT2D eigenvalue weighted by atomic mass is 32.1. The van der Waals surface area contributed by atoms with E-state index in [9.17, 15) is 13.2 Å². The maximum atomic E-state index is 12.6. The van der Waals surface area contributed by atoms with Crippen molar-refractivity contribution >= 4 is 16.5 Å². The third kappa shape index (κ3) is 4.57. The number of anilines is 1. The summed E-state index contributed by atoms with van der Waals surface area (Å²) in [7, 11) is 0. The molecule has 0 spiro atoms. The Morgan fingerprint density at radius 3 is 2.70 bits per heavy atom. The number of rotatable bonds is 6. The second-order valence-electron chi connectivity index (χ2n) is 7.02. The number of nitrogens with one attached hydrogen (secondary N) is 2. The Bertz CT molecular complexity index is 1020. The lowest BCUT2D eigenvalue weighted by Crippen LogP contribution is -2.31. The van der Waals surface area contributed by atoms with Crippen LogP contribution in [0.1, 0.15) is 22.9 Å². The Morgan fingerprint density at radius 1 is 1.20 bits per heavy atom. The van der Waals surface area contributed by atoms with Crippen LogP contribution in [0, 0.1) is 0 Å². The molecule has 0 bridgehead atoms. The zero-order valence-electron chi connectivity index (χ0n) is 15.7. The van der Waals surface area contributed by atoms with E-state index < -0.39 is 11.7 Å². The van der Waals surface area contributed by atoms with Crippen LogP contribution in [0.15, 0.2) is 48.7 Å². The van der Waals surface area contributed by atoms with E-state index in [0.29, 0.717) is 23.8 Å². The first-order valence-corrected chi connectivity index (χ1v) is 10.0. The van der Waals surface area contributed by atoms with Crippen molar-refractivity contribution < 1.29 is 18.0 Å². The van der Waals surface area contributed by atoms with E-state index in [0.717, 1.165) is 33.7 Å². The van der Waals surface area contributed by atoms with Gasteiger partial charge >= 0.3 is 6.18 Å². The summed E-state index contributed by atoms with van der Waals surface area (Å²) in [6.45, 7) is 0.445. The predicted molar refractivity (Wildman–Crippen MR) is 110 cm³/mol. The SMILES string of the molecule is NC1NOc2ccc(-c3cnc(NC[C@@H](N)Cc4ccc(C(F)(F)F)cc4)s3)cc21. The second kappa shape index (κ2) is 8.23. The number of hydrogen-bond donors (Lipinski definition) is 4. The molecule has 0 saturated carbocycles. The highest BCUT2D eigenvalue weighted by molar-refractivity contribution is 7.18. The smallest absolute Gasteiger partial charge is 0.406 e. The van der Waals surface area contributed by atoms with Crippen molar-refractivity contribution in [1.29, 1.82) is 0 Å². The number of nitrogens with two attached hydrogens (primary N) is 2. The molecular weight excluding hydrogens is 415 g/mol. The molecule has 0 saturated heterocycles. The minimum absolute atomic E-state index is 0.268. The summed E-state index contributed by atoms with van der Waals surface area (Å²) >= 11 is 1.48. The Labute approximate surface area is 175 Å². The molecule has 1 unspecified atom stereocenters. The summed E-state index contributed by atoms with van der Waals surface area (Å²) in [5.74, 6) is 0.711. The van der Waals surface area contributed by atoms with Gasteiger partial charge in [0.05, 0.1) is 10.4 Å². The number of benzene rings is 2. The first-order valence-electron chi connectivity index (χ1n) is 9.23. The van der Waals surface area contributed by atoms with Crippen molar-refractivity contribution in [2.75, 3.05) is 11.9 Å². The van der Waals surface area contributed by atoms with Crippen LogP contribution in [0.3, 0.4) is 0 Å². The fourth-order valence-electron chi connectivity index (χ4n) is 3.14. The van der Waals surface area contributed by atoms with Gasteiger partial charge < -0.3 is 21.6 Å². The van der Waals surface area contributed by atoms with Gasteiger partial charge in [-0.3, -0.25) is 0 Å². The van der Waals surface area contributed by atoms with Gasteiger partial charge in [0.15, 0.2) is 10.9 Å². The van der Waals surface area contributed by atoms with E-state index in [1.165, 1.54) is 23.5 Å². The summed E-state index contributed by atoms with van der Waals surface area (Å²) < 4.78 is 37.9. The molecular formula is C20H20F3N5OS. The van der Waals surface area contributed by atoms with Crippen LogP contribution in [0.2, 0.25) is 0 Å². The monoisotopic (exact) mass is 435 g/mol. The lowest BCUT2D eigenvalue weighted by molar-refractivity contribution is -0.137. The van der Waals surface area contributed by atoms with Crippen molar-refractivity contribution in [3.8, 4) is 16.2 Å². The molecule has 158 valence electrons. The summed E-state index contributed by atoms with van der Waals surface area (Å²) in [5, 5.41) is 3.91. The number of nitrogens with zero attached hydrogens (tertiary/aromatic N) is 1. The van der Waals surface area contributed by atoms with E-state index in [2.05, 4.69) is 15.8 Å². The van der Waals surface area contributed by atoms with Crippen molar-refractivity contribution in [2.45, 2.75) is 24.8 Å². The lowest BCUT2D eigenvalue weighted by atomic mass is 10.0. The topological polar surface area (TPSA) is 98.2 Å². The number of thiazole rings is 1. The maximum Gasteiger partial charge on any atom is 0.416 e. The Balaban J connectivity index is 1.34. The van der Waals surface area contributed by atoms with Crippen LogP contribution in [-0.2, 0) is 12.6 Å². The number of halogens is 3. The summed E-state index contributed by atoms with van der Waals surface area (Å²) in [5.41, 5.74) is 16.7. The molecule has 2 heterocycles. The molecule has 6 N–H and O–H groups in total. The molecule has 4 rings (SSSR count). The average molecular weight is 435 g/mol. The molecule has 3 aromatic rings. The van der Waals surface area contributed by atoms with E-state index in [1.54, 1.807) is 6.20 Å². The zero-order chi connectivity index (χ0) is 21.3. The largest absolute Gasteiger partial charge is 0.416 e. The normalized spacial score (nSPS) is 16.8. The van der Waals surface area contributed by atoms with Crippen LogP contribution in [-0.4, -0.2) is 17.6 Å². The first-order chi connectivity index (χ1) is 14.3. The molecule has 2 aromatic carbocycles. The number of hydrogen-bond acceptors (Lipinski definition) is 7. The standard InChI is InChI=1S/C20H20F3N5OS/c21-20(22,23)13-4-1-11(2-5-13)7-14(24)9-26-19-27-10-17(30-19)12-3-6-16-15(8-12)18(25)28-29-16/h1-6,8,10,14,18,28H,7,9,24-25H2,(H,26,27)/t14-,18?/m0/s1. The second-order valence-corrected chi connectivity index (χ2v) is 8.05. The quantitative estimate of drug-likeness (QED) is 0.472. The summed E-state index contributed by atoms with van der Waals surface area (Å²) in [6, 6.07) is 10.6. The number of fused-ring (bicyclic) bond motifs is 1. The predicted octanol–water partition coefficient (Wildman–Crippen LogP) is 3.67. The fourth-order valence-corrected chi connectivity index (χ4v) is 3.96. The van der Waals surface area contributed by atoms with Crippen LogP contribution in [0.25, 0.3) is 10.4 Å². The highest BCUT2D eigenvalue weighted by Gasteiger charge is 2.30. The number of aromatic nitrogens is 1. The van der Waals surface area contributed by atoms with Gasteiger partial charge in [-0.1, -0.05) is 23.5 Å². The highest BCUT2D eigenvalue weighted by Crippen LogP contribution is 2.35. The minimum Gasteiger partial charge on any atom is -0.406 e. The van der Waals surface area contributed by atoms with Crippen LogP contribution in [0.5, 0.6) is 5.75 Å². The van der Waals surface area contributed by atoms with Crippen LogP contribution < -0.4 is 27.1 Å². The third-order valence-corrected chi connectivity index (χ3v) is 5.73. The zero-order valence-corrected chi connectivity index (χ0v) is 16.6. The van der Waals surface area contributed by atoms with Gasteiger partial charge in [-0.05, 0) is 47.9 Å². The van der Waals surface area contributed by atoms with Crippen LogP contribution in [0.4, 0.5) is 18.3 Å². The Morgan fingerprint density at radius 2 is 1.97 bits per heavy atom. The van der Waals surface area contributed by atoms with E-state index in [4.69, 9.17) is 16.3 Å². The van der Waals surface area contributed by atoms with Gasteiger partial charge in [-0.15, -0.1) is 5.48 Å². The van der Waals surface area contributed by atoms with Gasteiger partial charge in [0, 0.05) is 24.3 Å². The van der Waals surface area contributed by atoms with Crippen molar-refractivity contribution in [3.63, 3.8) is 0 Å². The first kappa shape index (κ1) is 20.6. The summed E-state index contributed by atoms with van der Waals surface area (Å²) in [6.07, 6.45) is -2.48. The minimum atomic E-state index is -4.34. The maximum absolute atomic E-state index is 12.6. The van der Waals surface area contributed by atoms with Gasteiger partial charge in [-0.2, -0.15) is 13.2 Å². The molecule has 30 heavy (non-hydrogen) atoms. The van der Waals surface area contributed by atoms with Crippen molar-refractivity contribution in [2.24, 2.45) is 11.5 Å². The van der Waals surface area contributed by atoms with Crippen molar-refractivity contribution in [3.05, 3.63) is 65.4 Å². The van der Waals surface area contributed by atoms with E-state index >= 15 is 0 Å². The van der Waals surface area contributed by atoms with Gasteiger partial charge in [-0.25, -0.2) is 4.98 Å². The summed E-state index contributed by atoms with van der Waals surface area (Å²) in [4.78, 5) is 10.6. The molecule has 0 aliphatic carbocycles. The molecule has 6 nitrogen and oxygen atoms in total. The molecule has 1 aliphatic rings. The Kier molecular flexibility index (Phi) is 5.65. The molecule has 1 aromatic heterocycles. The fraction of sp³-hybridized carbons (Fsp3) is 0.250. The Hall–Kier alpha value is -2.66. The van der Waals surface area contributed by atoms with E-state index in [1.807, 2.05) is 18.2 Å². The van der Waals surface area contributed by atoms with Crippen molar-refractivity contribution in [1.82, 2.24) is 10.5 Å². The lowest BCUT2D eigenvalue weighted by Gasteiger charge is -2.13. The third-order valence-electron chi connectivity index (χ3n) is 4.73. The van der Waals surface area contributed by atoms with Gasteiger partial charge in [0.2, 0.25) is 0 Å². The molecule has 2 atom stereocenters. The van der Waals surface area contributed by atoms with Crippen LogP contribution >= 0.6 is 11.3 Å². The molecule has 0 fully saturated rings. The number of hydroxylamine groups is 1.